The first-order valence-electron chi connectivity index (χ1n) is 4.26. The van der Waals surface area contributed by atoms with Crippen LogP contribution in [0.2, 0.25) is 0 Å². The van der Waals surface area contributed by atoms with Crippen LogP contribution in [-0.2, 0) is 4.79 Å². The van der Waals surface area contributed by atoms with Gasteiger partial charge in [0.2, 0.25) is 5.91 Å². The van der Waals surface area contributed by atoms with E-state index in [2.05, 4.69) is 13.8 Å². The summed E-state index contributed by atoms with van der Waals surface area (Å²) >= 11 is 0. The quantitative estimate of drug-likeness (QED) is 0.599. The molecule has 1 aliphatic rings. The number of hydrogen-bond acceptors (Lipinski definition) is 2. The highest BCUT2D eigenvalue weighted by Crippen LogP contribution is 2.16. The average Bonchev–Trinajstić information content (AvgIpc) is 2.05. The fourth-order valence-electron chi connectivity index (χ4n) is 1.54. The Bertz CT molecular complexity index is 154. The van der Waals surface area contributed by atoms with Gasteiger partial charge in [0.1, 0.15) is 6.04 Å². The second-order valence-corrected chi connectivity index (χ2v) is 3.07. The summed E-state index contributed by atoms with van der Waals surface area (Å²) in [6.07, 6.45) is 2.07. The summed E-state index contributed by atoms with van der Waals surface area (Å²) in [7, 11) is 0. The molecule has 3 heteroatoms. The first-order valence-corrected chi connectivity index (χ1v) is 4.26. The van der Waals surface area contributed by atoms with Gasteiger partial charge in [0.25, 0.3) is 0 Å². The summed E-state index contributed by atoms with van der Waals surface area (Å²) in [5.74, 6) is 0.124. The molecule has 1 fully saturated rings. The van der Waals surface area contributed by atoms with Crippen LogP contribution in [0.1, 0.15) is 26.7 Å². The van der Waals surface area contributed by atoms with E-state index in [0.29, 0.717) is 6.04 Å². The molecule has 0 bridgehead atoms. The Labute approximate surface area is 67.5 Å². The van der Waals surface area contributed by atoms with Crippen LogP contribution >= 0.6 is 0 Å². The molecule has 0 spiro atoms. The van der Waals surface area contributed by atoms with Gasteiger partial charge in [-0.3, -0.25) is 4.79 Å². The minimum absolute atomic E-state index is 0.124. The highest BCUT2D eigenvalue weighted by molar-refractivity contribution is 5.87. The smallest absolute Gasteiger partial charge is 0.241 e. The normalized spacial score (nSPS) is 24.2. The van der Waals surface area contributed by atoms with E-state index in [1.807, 2.05) is 4.90 Å². The van der Waals surface area contributed by atoms with Crippen molar-refractivity contribution in [3.63, 3.8) is 0 Å². The zero-order valence-electron chi connectivity index (χ0n) is 7.21. The number of hydrogen-bond donors (Lipinski definition) is 1. The van der Waals surface area contributed by atoms with Crippen molar-refractivity contribution < 1.29 is 4.79 Å². The summed E-state index contributed by atoms with van der Waals surface area (Å²) < 4.78 is 0. The summed E-state index contributed by atoms with van der Waals surface area (Å²) in [5.41, 5.74) is 5.47. The van der Waals surface area contributed by atoms with E-state index in [1.165, 1.54) is 0 Å². The van der Waals surface area contributed by atoms with E-state index in [4.69, 9.17) is 5.73 Å². The number of nitrogens with two attached hydrogens (primary N) is 1. The lowest BCUT2D eigenvalue weighted by Gasteiger charge is -2.41. The Kier molecular flexibility index (Phi) is 2.49. The van der Waals surface area contributed by atoms with E-state index < -0.39 is 0 Å². The predicted octanol–water partition coefficient (Wildman–Crippen LogP) is 0.344. The fraction of sp³-hybridized carbons (Fsp3) is 0.875. The molecular weight excluding hydrogens is 140 g/mol. The van der Waals surface area contributed by atoms with E-state index >= 15 is 0 Å². The van der Waals surface area contributed by atoms with Gasteiger partial charge in [-0.1, -0.05) is 13.8 Å². The molecule has 3 nitrogen and oxygen atoms in total. The van der Waals surface area contributed by atoms with Gasteiger partial charge in [-0.05, 0) is 12.8 Å². The van der Waals surface area contributed by atoms with Crippen molar-refractivity contribution in [3.05, 3.63) is 0 Å². The Morgan fingerprint density at radius 2 is 2.18 bits per heavy atom. The van der Waals surface area contributed by atoms with E-state index in [9.17, 15) is 4.79 Å². The largest absolute Gasteiger partial charge is 0.336 e. The molecule has 1 heterocycles. The van der Waals surface area contributed by atoms with Gasteiger partial charge < -0.3 is 10.6 Å². The molecular formula is C8H16N2O. The van der Waals surface area contributed by atoms with Crippen molar-refractivity contribution in [1.29, 1.82) is 0 Å². The number of carbonyl (C=O) groups excluding carboxylic acids is 1. The van der Waals surface area contributed by atoms with Crippen LogP contribution in [0.3, 0.4) is 0 Å². The lowest BCUT2D eigenvalue weighted by atomic mass is 10.0. The summed E-state index contributed by atoms with van der Waals surface area (Å²) in [5, 5.41) is 0. The van der Waals surface area contributed by atoms with Crippen LogP contribution in [0.25, 0.3) is 0 Å². The van der Waals surface area contributed by atoms with Crippen LogP contribution in [0.4, 0.5) is 0 Å². The Morgan fingerprint density at radius 3 is 2.45 bits per heavy atom. The average molecular weight is 156 g/mol. The van der Waals surface area contributed by atoms with E-state index in [-0.39, 0.29) is 11.9 Å². The number of rotatable bonds is 3. The molecule has 0 aromatic rings. The molecule has 1 aliphatic heterocycles. The SMILES string of the molecule is CCC(CC)N1CC(N)C1=O. The standard InChI is InChI=1S/C8H16N2O/c1-3-6(4-2)10-5-7(9)8(10)11/h6-7H,3-5,9H2,1-2H3. The highest BCUT2D eigenvalue weighted by Gasteiger charge is 2.36. The Balaban J connectivity index is 2.43. The van der Waals surface area contributed by atoms with Crippen molar-refractivity contribution in [3.8, 4) is 0 Å². The molecule has 0 saturated carbocycles. The number of nitrogens with zero attached hydrogens (tertiary/aromatic N) is 1. The lowest BCUT2D eigenvalue weighted by molar-refractivity contribution is -0.145. The zero-order valence-corrected chi connectivity index (χ0v) is 7.21. The molecule has 11 heavy (non-hydrogen) atoms. The monoisotopic (exact) mass is 156 g/mol. The van der Waals surface area contributed by atoms with Gasteiger partial charge in [0.15, 0.2) is 0 Å². The molecule has 1 rings (SSSR count). The summed E-state index contributed by atoms with van der Waals surface area (Å²) in [4.78, 5) is 13.0. The third kappa shape index (κ3) is 1.38. The van der Waals surface area contributed by atoms with Gasteiger partial charge >= 0.3 is 0 Å². The van der Waals surface area contributed by atoms with Crippen LogP contribution in [-0.4, -0.2) is 29.4 Å². The first-order chi connectivity index (χ1) is 5.20. The molecule has 1 saturated heterocycles. The van der Waals surface area contributed by atoms with Gasteiger partial charge in [-0.15, -0.1) is 0 Å². The number of amides is 1. The zero-order chi connectivity index (χ0) is 8.43. The number of β-lactam (4-membered cyclic amide) rings is 1. The van der Waals surface area contributed by atoms with Crippen molar-refractivity contribution in [2.75, 3.05) is 6.54 Å². The van der Waals surface area contributed by atoms with E-state index in [1.54, 1.807) is 0 Å². The third-order valence-corrected chi connectivity index (χ3v) is 2.38. The Morgan fingerprint density at radius 1 is 1.64 bits per heavy atom. The molecule has 0 aromatic carbocycles. The minimum atomic E-state index is -0.212. The molecule has 2 N–H and O–H groups in total. The second kappa shape index (κ2) is 3.22. The molecule has 64 valence electrons. The van der Waals surface area contributed by atoms with Gasteiger partial charge in [0.05, 0.1) is 0 Å². The predicted molar refractivity (Wildman–Crippen MR) is 44.1 cm³/mol. The topological polar surface area (TPSA) is 46.3 Å². The van der Waals surface area contributed by atoms with Crippen LogP contribution in [0.15, 0.2) is 0 Å². The first kappa shape index (κ1) is 8.53. The maximum atomic E-state index is 11.1. The number of likely N-dealkylation sites (tertiary alicyclic amines) is 1. The fourth-order valence-corrected chi connectivity index (χ4v) is 1.54. The molecule has 0 radical (unpaired) electrons. The third-order valence-electron chi connectivity index (χ3n) is 2.38. The van der Waals surface area contributed by atoms with Crippen LogP contribution < -0.4 is 5.73 Å². The van der Waals surface area contributed by atoms with Crippen molar-refractivity contribution in [2.24, 2.45) is 5.73 Å². The van der Waals surface area contributed by atoms with Crippen LogP contribution in [0, 0.1) is 0 Å². The van der Waals surface area contributed by atoms with Gasteiger partial charge in [-0.25, -0.2) is 0 Å². The van der Waals surface area contributed by atoms with Crippen molar-refractivity contribution in [2.45, 2.75) is 38.8 Å². The van der Waals surface area contributed by atoms with Crippen molar-refractivity contribution in [1.82, 2.24) is 4.90 Å². The molecule has 1 atom stereocenters. The molecule has 1 unspecified atom stereocenters. The molecule has 0 aromatic heterocycles. The van der Waals surface area contributed by atoms with E-state index in [0.717, 1.165) is 19.4 Å². The second-order valence-electron chi connectivity index (χ2n) is 3.07. The summed E-state index contributed by atoms with van der Waals surface area (Å²) in [6, 6.07) is 0.206. The van der Waals surface area contributed by atoms with Gasteiger partial charge in [0, 0.05) is 12.6 Å². The van der Waals surface area contributed by atoms with Crippen molar-refractivity contribution >= 4 is 5.91 Å². The summed E-state index contributed by atoms with van der Waals surface area (Å²) in [6.45, 7) is 4.96. The minimum Gasteiger partial charge on any atom is -0.336 e. The molecule has 0 aliphatic carbocycles. The lowest BCUT2D eigenvalue weighted by Crippen LogP contribution is -2.63. The maximum Gasteiger partial charge on any atom is 0.241 e. The molecule has 1 amide bonds. The maximum absolute atomic E-state index is 11.1. The highest BCUT2D eigenvalue weighted by atomic mass is 16.2. The Hall–Kier alpha value is -0.570. The number of carbonyl (C=O) groups is 1. The van der Waals surface area contributed by atoms with Crippen LogP contribution in [0.5, 0.6) is 0 Å². The van der Waals surface area contributed by atoms with Gasteiger partial charge in [-0.2, -0.15) is 0 Å².